The zero-order chi connectivity index (χ0) is 24.3. The first-order valence-corrected chi connectivity index (χ1v) is 11.4. The maximum Gasteiger partial charge on any atom is 0.573 e. The fraction of sp³-hybridized carbons (Fsp3) is 0.333. The minimum absolute atomic E-state index is 0.330. The number of halogens is 3. The van der Waals surface area contributed by atoms with Crippen molar-refractivity contribution in [1.29, 1.82) is 0 Å². The third-order valence-corrected chi connectivity index (χ3v) is 6.03. The van der Waals surface area contributed by atoms with Gasteiger partial charge in [-0.1, -0.05) is 11.3 Å². The minimum Gasteiger partial charge on any atom is -0.406 e. The fourth-order valence-electron chi connectivity index (χ4n) is 4.24. The van der Waals surface area contributed by atoms with E-state index in [4.69, 9.17) is 0 Å². The van der Waals surface area contributed by atoms with Crippen LogP contribution in [0.5, 0.6) is 5.75 Å². The van der Waals surface area contributed by atoms with Crippen LogP contribution < -0.4 is 10.1 Å². The molecule has 0 saturated carbocycles. The normalized spacial score (nSPS) is 15.4. The minimum atomic E-state index is -4.77. The Bertz CT molecular complexity index is 1270. The fourth-order valence-corrected chi connectivity index (χ4v) is 4.24. The standard InChI is InChI=1S/C24H24F3N7O/c25-24(26,27)35-20-3-1-2-19(14-20)34-23-21(31-32-34)4-5-22(30-23)29-15-17-8-12-33(13-9-17)16-18-6-10-28-11-7-18/h1-7,10-11,14,17H,8-9,12-13,15-16H2,(H,29,30). The van der Waals surface area contributed by atoms with Gasteiger partial charge in [0.15, 0.2) is 5.65 Å². The molecule has 1 aliphatic heterocycles. The van der Waals surface area contributed by atoms with Gasteiger partial charge in [0.25, 0.3) is 0 Å². The SMILES string of the molecule is FC(F)(F)Oc1cccc(-n2nnc3ccc(NCC4CCN(Cc5ccncc5)CC4)nc32)c1. The molecule has 0 unspecified atom stereocenters. The molecule has 0 aliphatic carbocycles. The average Bonchev–Trinajstić information content (AvgIpc) is 3.27. The van der Waals surface area contributed by atoms with Crippen LogP contribution in [0.3, 0.4) is 0 Å². The smallest absolute Gasteiger partial charge is 0.406 e. The number of pyridine rings is 2. The number of piperidine rings is 1. The number of hydrogen-bond donors (Lipinski definition) is 1. The second-order valence-electron chi connectivity index (χ2n) is 8.54. The average molecular weight is 483 g/mol. The highest BCUT2D eigenvalue weighted by molar-refractivity contribution is 5.74. The number of nitrogens with one attached hydrogen (secondary N) is 1. The summed E-state index contributed by atoms with van der Waals surface area (Å²) in [7, 11) is 0. The summed E-state index contributed by atoms with van der Waals surface area (Å²) in [4.78, 5) is 11.1. The number of nitrogens with zero attached hydrogens (tertiary/aromatic N) is 6. The molecular formula is C24H24F3N7O. The molecule has 0 radical (unpaired) electrons. The number of anilines is 1. The summed E-state index contributed by atoms with van der Waals surface area (Å²) in [6.45, 7) is 3.80. The van der Waals surface area contributed by atoms with Crippen LogP contribution in [0.2, 0.25) is 0 Å². The summed E-state index contributed by atoms with van der Waals surface area (Å²) in [6, 6.07) is 13.3. The van der Waals surface area contributed by atoms with Crippen LogP contribution in [0, 0.1) is 5.92 Å². The lowest BCUT2D eigenvalue weighted by Crippen LogP contribution is -2.35. The van der Waals surface area contributed by atoms with Crippen molar-refractivity contribution >= 4 is 17.0 Å². The highest BCUT2D eigenvalue weighted by Gasteiger charge is 2.31. The van der Waals surface area contributed by atoms with Gasteiger partial charge < -0.3 is 10.1 Å². The van der Waals surface area contributed by atoms with E-state index in [1.54, 1.807) is 12.1 Å². The summed E-state index contributed by atoms with van der Waals surface area (Å²) in [5, 5.41) is 11.6. The summed E-state index contributed by atoms with van der Waals surface area (Å²) in [5.74, 6) is 0.867. The summed E-state index contributed by atoms with van der Waals surface area (Å²) < 4.78 is 43.2. The third-order valence-electron chi connectivity index (χ3n) is 6.03. The van der Waals surface area contributed by atoms with Gasteiger partial charge in [0, 0.05) is 31.5 Å². The first kappa shape index (κ1) is 23.0. The molecule has 1 fully saturated rings. The maximum atomic E-state index is 12.6. The van der Waals surface area contributed by atoms with Crippen LogP contribution in [-0.2, 0) is 6.54 Å². The van der Waals surface area contributed by atoms with Crippen molar-refractivity contribution < 1.29 is 17.9 Å². The molecule has 8 nitrogen and oxygen atoms in total. The monoisotopic (exact) mass is 483 g/mol. The number of alkyl halides is 3. The number of ether oxygens (including phenoxy) is 1. The molecule has 35 heavy (non-hydrogen) atoms. The molecule has 4 aromatic rings. The van der Waals surface area contributed by atoms with E-state index >= 15 is 0 Å². The molecule has 0 spiro atoms. The number of aromatic nitrogens is 5. The van der Waals surface area contributed by atoms with Gasteiger partial charge in [-0.3, -0.25) is 9.88 Å². The number of benzene rings is 1. The zero-order valence-corrected chi connectivity index (χ0v) is 18.8. The van der Waals surface area contributed by atoms with E-state index in [1.807, 2.05) is 18.5 Å². The number of rotatable bonds is 7. The molecule has 3 aromatic heterocycles. The van der Waals surface area contributed by atoms with Crippen LogP contribution in [0.4, 0.5) is 19.0 Å². The van der Waals surface area contributed by atoms with Crippen molar-refractivity contribution in [2.75, 3.05) is 25.0 Å². The van der Waals surface area contributed by atoms with Gasteiger partial charge in [0.1, 0.15) is 17.1 Å². The second-order valence-corrected chi connectivity index (χ2v) is 8.54. The molecule has 182 valence electrons. The molecule has 0 atom stereocenters. The van der Waals surface area contributed by atoms with Crippen molar-refractivity contribution in [2.24, 2.45) is 5.92 Å². The van der Waals surface area contributed by atoms with Gasteiger partial charge >= 0.3 is 6.36 Å². The molecule has 1 aromatic carbocycles. The summed E-state index contributed by atoms with van der Waals surface area (Å²) in [5.41, 5.74) is 2.64. The quantitative estimate of drug-likeness (QED) is 0.416. The Morgan fingerprint density at radius 1 is 1.03 bits per heavy atom. The zero-order valence-electron chi connectivity index (χ0n) is 18.8. The molecule has 0 amide bonds. The lowest BCUT2D eigenvalue weighted by atomic mass is 9.96. The number of likely N-dealkylation sites (tertiary alicyclic amines) is 1. The Balaban J connectivity index is 1.22. The Labute approximate surface area is 199 Å². The van der Waals surface area contributed by atoms with E-state index in [1.165, 1.54) is 28.4 Å². The van der Waals surface area contributed by atoms with Crippen molar-refractivity contribution in [2.45, 2.75) is 25.7 Å². The first-order chi connectivity index (χ1) is 16.9. The van der Waals surface area contributed by atoms with Gasteiger partial charge in [-0.25, -0.2) is 4.98 Å². The Morgan fingerprint density at radius 3 is 2.60 bits per heavy atom. The van der Waals surface area contributed by atoms with Crippen LogP contribution in [0.15, 0.2) is 60.9 Å². The van der Waals surface area contributed by atoms with Gasteiger partial charge in [0.05, 0.1) is 5.69 Å². The largest absolute Gasteiger partial charge is 0.573 e. The highest BCUT2D eigenvalue weighted by Crippen LogP contribution is 2.26. The van der Waals surface area contributed by atoms with E-state index in [9.17, 15) is 13.2 Å². The first-order valence-electron chi connectivity index (χ1n) is 11.4. The number of hydrogen-bond acceptors (Lipinski definition) is 7. The van der Waals surface area contributed by atoms with Crippen LogP contribution in [0.1, 0.15) is 18.4 Å². The third kappa shape index (κ3) is 5.86. The van der Waals surface area contributed by atoms with Crippen molar-refractivity contribution in [3.63, 3.8) is 0 Å². The van der Waals surface area contributed by atoms with E-state index in [-0.39, 0.29) is 5.75 Å². The molecular weight excluding hydrogens is 459 g/mol. The van der Waals surface area contributed by atoms with Gasteiger partial charge in [-0.2, -0.15) is 4.68 Å². The maximum absolute atomic E-state index is 12.6. The molecule has 0 bridgehead atoms. The van der Waals surface area contributed by atoms with E-state index < -0.39 is 6.36 Å². The second kappa shape index (κ2) is 9.87. The lowest BCUT2D eigenvalue weighted by molar-refractivity contribution is -0.274. The molecule has 1 aliphatic rings. The van der Waals surface area contributed by atoms with E-state index in [0.29, 0.717) is 28.6 Å². The van der Waals surface area contributed by atoms with Gasteiger partial charge in [-0.05, 0) is 73.8 Å². The van der Waals surface area contributed by atoms with E-state index in [2.05, 4.69) is 47.4 Å². The van der Waals surface area contributed by atoms with Gasteiger partial charge in [-0.15, -0.1) is 18.3 Å². The Hall–Kier alpha value is -3.73. The highest BCUT2D eigenvalue weighted by atomic mass is 19.4. The molecule has 1 saturated heterocycles. The summed E-state index contributed by atoms with van der Waals surface area (Å²) >= 11 is 0. The number of fused-ring (bicyclic) bond motifs is 1. The van der Waals surface area contributed by atoms with Crippen LogP contribution >= 0.6 is 0 Å². The lowest BCUT2D eigenvalue weighted by Gasteiger charge is -2.32. The van der Waals surface area contributed by atoms with E-state index in [0.717, 1.165) is 39.0 Å². The van der Waals surface area contributed by atoms with Crippen LogP contribution in [-0.4, -0.2) is 55.9 Å². The van der Waals surface area contributed by atoms with Crippen molar-refractivity contribution in [1.82, 2.24) is 29.9 Å². The predicted octanol–water partition coefficient (Wildman–Crippen LogP) is 4.43. The predicted molar refractivity (Wildman–Crippen MR) is 124 cm³/mol. The Kier molecular flexibility index (Phi) is 6.49. The summed E-state index contributed by atoms with van der Waals surface area (Å²) in [6.07, 6.45) is 1.06. The molecule has 5 rings (SSSR count). The van der Waals surface area contributed by atoms with Gasteiger partial charge in [0.2, 0.25) is 0 Å². The molecule has 11 heteroatoms. The topological polar surface area (TPSA) is 81.0 Å². The van der Waals surface area contributed by atoms with Crippen molar-refractivity contribution in [3.8, 4) is 11.4 Å². The Morgan fingerprint density at radius 2 is 1.83 bits per heavy atom. The molecule has 1 N–H and O–H groups in total. The molecule has 4 heterocycles. The van der Waals surface area contributed by atoms with Crippen molar-refractivity contribution in [3.05, 3.63) is 66.5 Å². The van der Waals surface area contributed by atoms with Crippen LogP contribution in [0.25, 0.3) is 16.9 Å².